The number of nitrogens with one attached hydrogen (secondary N) is 1. The molecule has 0 spiro atoms. The van der Waals surface area contributed by atoms with Crippen LogP contribution in [0.4, 0.5) is 5.82 Å². The largest absolute Gasteiger partial charge is 0.508 e. The van der Waals surface area contributed by atoms with Gasteiger partial charge in [-0.1, -0.05) is 48.0 Å². The molecule has 2 N–H and O–H groups in total. The Morgan fingerprint density at radius 2 is 1.78 bits per heavy atom. The van der Waals surface area contributed by atoms with Crippen LogP contribution in [0, 0.1) is 0 Å². The minimum Gasteiger partial charge on any atom is -0.508 e. The minimum absolute atomic E-state index is 0.173. The molecule has 0 bridgehead atoms. The lowest BCUT2D eigenvalue weighted by atomic mass is 10.1. The van der Waals surface area contributed by atoms with E-state index < -0.39 is 0 Å². The quantitative estimate of drug-likeness (QED) is 0.705. The molecule has 0 aliphatic heterocycles. The van der Waals surface area contributed by atoms with E-state index >= 15 is 0 Å². The number of hydrogen-bond donors (Lipinski definition) is 2. The molecule has 0 aliphatic carbocycles. The molecule has 27 heavy (non-hydrogen) atoms. The summed E-state index contributed by atoms with van der Waals surface area (Å²) in [6.07, 6.45) is 3.75. The zero-order valence-electron chi connectivity index (χ0n) is 15.3. The molecular formula is C22H21N3O2. The van der Waals surface area contributed by atoms with Crippen molar-refractivity contribution in [2.24, 2.45) is 0 Å². The molecule has 0 saturated carbocycles. The fraction of sp³-hybridized carbons (Fsp3) is 0.136. The van der Waals surface area contributed by atoms with E-state index in [9.17, 15) is 9.90 Å². The van der Waals surface area contributed by atoms with E-state index in [1.807, 2.05) is 50.3 Å². The molecule has 5 nitrogen and oxygen atoms in total. The second-order valence-corrected chi connectivity index (χ2v) is 6.47. The second-order valence-electron chi connectivity index (χ2n) is 6.47. The SMILES string of the molecule is CC(C)=Cc1nc(-c2ccccc2)cnc1NC(=O)Cc1ccc(O)cc1. The maximum Gasteiger partial charge on any atom is 0.230 e. The fourth-order valence-corrected chi connectivity index (χ4v) is 2.60. The Morgan fingerprint density at radius 3 is 2.44 bits per heavy atom. The van der Waals surface area contributed by atoms with Crippen LogP contribution in [0.3, 0.4) is 0 Å². The maximum atomic E-state index is 12.4. The first-order valence-electron chi connectivity index (χ1n) is 8.66. The Balaban J connectivity index is 1.84. The summed E-state index contributed by atoms with van der Waals surface area (Å²) in [4.78, 5) is 21.5. The topological polar surface area (TPSA) is 75.1 Å². The molecule has 0 atom stereocenters. The van der Waals surface area contributed by atoms with Crippen LogP contribution in [0.15, 0.2) is 66.4 Å². The number of phenols is 1. The monoisotopic (exact) mass is 359 g/mol. The van der Waals surface area contributed by atoms with Crippen LogP contribution in [0.25, 0.3) is 17.3 Å². The molecule has 2 aromatic carbocycles. The third-order valence-corrected chi connectivity index (χ3v) is 3.85. The van der Waals surface area contributed by atoms with Crippen molar-refractivity contribution in [3.8, 4) is 17.0 Å². The average molecular weight is 359 g/mol. The number of anilines is 1. The molecule has 136 valence electrons. The summed E-state index contributed by atoms with van der Waals surface area (Å²) >= 11 is 0. The van der Waals surface area contributed by atoms with Gasteiger partial charge in [-0.05, 0) is 37.6 Å². The molecule has 0 saturated heterocycles. The van der Waals surface area contributed by atoms with Gasteiger partial charge in [-0.25, -0.2) is 9.97 Å². The number of allylic oxidation sites excluding steroid dienone is 1. The summed E-state index contributed by atoms with van der Waals surface area (Å²) < 4.78 is 0. The van der Waals surface area contributed by atoms with Gasteiger partial charge in [0, 0.05) is 5.56 Å². The predicted molar refractivity (Wildman–Crippen MR) is 107 cm³/mol. The van der Waals surface area contributed by atoms with Crippen molar-refractivity contribution in [3.05, 3.63) is 77.6 Å². The number of amides is 1. The molecule has 3 rings (SSSR count). The normalized spacial score (nSPS) is 10.3. The van der Waals surface area contributed by atoms with Gasteiger partial charge in [-0.15, -0.1) is 0 Å². The first-order valence-corrected chi connectivity index (χ1v) is 8.66. The molecular weight excluding hydrogens is 338 g/mol. The molecule has 5 heteroatoms. The number of rotatable bonds is 5. The number of carbonyl (C=O) groups excluding carboxylic acids is 1. The van der Waals surface area contributed by atoms with E-state index in [0.29, 0.717) is 11.5 Å². The Hall–Kier alpha value is -3.47. The van der Waals surface area contributed by atoms with Crippen LogP contribution in [-0.2, 0) is 11.2 Å². The van der Waals surface area contributed by atoms with Crippen molar-refractivity contribution in [2.45, 2.75) is 20.3 Å². The summed E-state index contributed by atoms with van der Waals surface area (Å²) in [5.74, 6) is 0.415. The van der Waals surface area contributed by atoms with Crippen molar-refractivity contribution >= 4 is 17.8 Å². The van der Waals surface area contributed by atoms with E-state index in [0.717, 1.165) is 22.4 Å². The van der Waals surface area contributed by atoms with Gasteiger partial charge in [0.1, 0.15) is 11.4 Å². The number of phenolic OH excluding ortho intramolecular Hbond substituents is 1. The minimum atomic E-state index is -0.189. The highest BCUT2D eigenvalue weighted by Crippen LogP contribution is 2.21. The number of benzene rings is 2. The number of aromatic nitrogens is 2. The van der Waals surface area contributed by atoms with Crippen LogP contribution in [0.5, 0.6) is 5.75 Å². The Kier molecular flexibility index (Phi) is 5.61. The summed E-state index contributed by atoms with van der Waals surface area (Å²) in [6.45, 7) is 3.94. The van der Waals surface area contributed by atoms with E-state index in [1.54, 1.807) is 30.5 Å². The van der Waals surface area contributed by atoms with Crippen LogP contribution in [0.1, 0.15) is 25.1 Å². The molecule has 0 fully saturated rings. The average Bonchev–Trinajstić information content (AvgIpc) is 2.65. The van der Waals surface area contributed by atoms with E-state index in [2.05, 4.69) is 15.3 Å². The first kappa shape index (κ1) is 18.3. The van der Waals surface area contributed by atoms with Gasteiger partial charge in [0.25, 0.3) is 0 Å². The molecule has 0 aliphatic rings. The number of nitrogens with zero attached hydrogens (tertiary/aromatic N) is 2. The highest BCUT2D eigenvalue weighted by Gasteiger charge is 2.11. The lowest BCUT2D eigenvalue weighted by molar-refractivity contribution is -0.115. The lowest BCUT2D eigenvalue weighted by Gasteiger charge is -2.10. The second kappa shape index (κ2) is 8.27. The van der Waals surface area contributed by atoms with Gasteiger partial charge in [-0.3, -0.25) is 4.79 Å². The van der Waals surface area contributed by atoms with Gasteiger partial charge in [0.2, 0.25) is 5.91 Å². The van der Waals surface area contributed by atoms with Crippen LogP contribution in [-0.4, -0.2) is 21.0 Å². The number of aromatic hydroxyl groups is 1. The van der Waals surface area contributed by atoms with Gasteiger partial charge >= 0.3 is 0 Å². The van der Waals surface area contributed by atoms with E-state index in [1.165, 1.54) is 0 Å². The molecule has 1 heterocycles. The van der Waals surface area contributed by atoms with Crippen molar-refractivity contribution < 1.29 is 9.90 Å². The van der Waals surface area contributed by atoms with Gasteiger partial charge in [0.15, 0.2) is 5.82 Å². The van der Waals surface area contributed by atoms with Crippen LogP contribution >= 0.6 is 0 Å². The summed E-state index contributed by atoms with van der Waals surface area (Å²) in [7, 11) is 0. The predicted octanol–water partition coefficient (Wildman–Crippen LogP) is 4.45. The van der Waals surface area contributed by atoms with Gasteiger partial charge in [-0.2, -0.15) is 0 Å². The highest BCUT2D eigenvalue weighted by molar-refractivity contribution is 5.93. The maximum absolute atomic E-state index is 12.4. The van der Waals surface area contributed by atoms with Crippen molar-refractivity contribution in [3.63, 3.8) is 0 Å². The summed E-state index contributed by atoms with van der Waals surface area (Å²) in [5, 5.41) is 12.2. The zero-order valence-corrected chi connectivity index (χ0v) is 15.3. The Bertz CT molecular complexity index is 961. The first-order chi connectivity index (χ1) is 13.0. The summed E-state index contributed by atoms with van der Waals surface area (Å²) in [6, 6.07) is 16.4. The molecule has 0 radical (unpaired) electrons. The third kappa shape index (κ3) is 5.01. The van der Waals surface area contributed by atoms with Crippen molar-refractivity contribution in [2.75, 3.05) is 5.32 Å². The highest BCUT2D eigenvalue weighted by atomic mass is 16.3. The van der Waals surface area contributed by atoms with E-state index in [-0.39, 0.29) is 18.1 Å². The fourth-order valence-electron chi connectivity index (χ4n) is 2.60. The van der Waals surface area contributed by atoms with Gasteiger partial charge < -0.3 is 10.4 Å². The third-order valence-electron chi connectivity index (χ3n) is 3.85. The molecule has 1 aromatic heterocycles. The molecule has 0 unspecified atom stereocenters. The van der Waals surface area contributed by atoms with Crippen LogP contribution < -0.4 is 5.32 Å². The van der Waals surface area contributed by atoms with E-state index in [4.69, 9.17) is 0 Å². The molecule has 3 aromatic rings. The Labute approximate surface area is 158 Å². The molecule has 1 amide bonds. The number of carbonyl (C=O) groups is 1. The van der Waals surface area contributed by atoms with Gasteiger partial charge in [0.05, 0.1) is 18.3 Å². The summed E-state index contributed by atoms with van der Waals surface area (Å²) in [5.41, 5.74) is 4.21. The standard InChI is InChI=1S/C22H21N3O2/c1-15(2)12-19-22(23-14-20(24-19)17-6-4-3-5-7-17)25-21(27)13-16-8-10-18(26)11-9-16/h3-12,14,26H,13H2,1-2H3,(H,23,25,27). The lowest BCUT2D eigenvalue weighted by Crippen LogP contribution is -2.16. The van der Waals surface area contributed by atoms with Crippen LogP contribution in [0.2, 0.25) is 0 Å². The smallest absolute Gasteiger partial charge is 0.230 e. The van der Waals surface area contributed by atoms with Crippen molar-refractivity contribution in [1.29, 1.82) is 0 Å². The number of hydrogen-bond acceptors (Lipinski definition) is 4. The zero-order chi connectivity index (χ0) is 19.2. The Morgan fingerprint density at radius 1 is 1.07 bits per heavy atom. The van der Waals surface area contributed by atoms with Crippen molar-refractivity contribution in [1.82, 2.24) is 9.97 Å².